The summed E-state index contributed by atoms with van der Waals surface area (Å²) in [6.07, 6.45) is 0. The Bertz CT molecular complexity index is 619. The van der Waals surface area contributed by atoms with Crippen LogP contribution < -0.4 is 4.74 Å². The van der Waals surface area contributed by atoms with Crippen LogP contribution in [0.25, 0.3) is 0 Å². The van der Waals surface area contributed by atoms with Crippen LogP contribution in [0.15, 0.2) is 40.9 Å². The van der Waals surface area contributed by atoms with E-state index in [1.165, 1.54) is 12.1 Å². The third-order valence-corrected chi connectivity index (χ3v) is 3.32. The molecule has 1 aromatic heterocycles. The summed E-state index contributed by atoms with van der Waals surface area (Å²) in [5, 5.41) is 9.00. The molecule has 0 aliphatic rings. The minimum Gasteiger partial charge on any atom is -0.478 e. The van der Waals surface area contributed by atoms with E-state index in [1.54, 1.807) is 0 Å². The Labute approximate surface area is 123 Å². The number of ether oxygens (including phenoxy) is 1. The lowest BCUT2D eigenvalue weighted by atomic mass is 10.2. The van der Waals surface area contributed by atoms with Crippen molar-refractivity contribution in [2.45, 2.75) is 6.61 Å². The van der Waals surface area contributed by atoms with Gasteiger partial charge in [0.05, 0.1) is 5.56 Å². The average Bonchev–Trinajstić information content (AvgIpc) is 2.37. The minimum absolute atomic E-state index is 0.0436. The lowest BCUT2D eigenvalue weighted by molar-refractivity contribution is 0.0696. The highest BCUT2D eigenvalue weighted by Gasteiger charge is 2.09. The summed E-state index contributed by atoms with van der Waals surface area (Å²) in [4.78, 5) is 14.8. The molecule has 98 valence electrons. The first-order valence-electron chi connectivity index (χ1n) is 5.33. The van der Waals surface area contributed by atoms with Gasteiger partial charge >= 0.3 is 5.97 Å². The monoisotopic (exact) mass is 341 g/mol. The van der Waals surface area contributed by atoms with Gasteiger partial charge < -0.3 is 9.84 Å². The van der Waals surface area contributed by atoms with E-state index in [-0.39, 0.29) is 23.2 Å². The molecule has 4 nitrogen and oxygen atoms in total. The quantitative estimate of drug-likeness (QED) is 0.859. The first-order valence-corrected chi connectivity index (χ1v) is 6.50. The van der Waals surface area contributed by atoms with E-state index in [9.17, 15) is 4.79 Å². The molecule has 19 heavy (non-hydrogen) atoms. The van der Waals surface area contributed by atoms with Crippen LogP contribution in [-0.4, -0.2) is 16.1 Å². The van der Waals surface area contributed by atoms with Crippen molar-refractivity contribution in [2.75, 3.05) is 0 Å². The number of carboxylic acids is 1. The van der Waals surface area contributed by atoms with Crippen molar-refractivity contribution in [2.24, 2.45) is 0 Å². The van der Waals surface area contributed by atoms with Gasteiger partial charge in [0.2, 0.25) is 5.88 Å². The van der Waals surface area contributed by atoms with Gasteiger partial charge in [0.1, 0.15) is 11.8 Å². The highest BCUT2D eigenvalue weighted by Crippen LogP contribution is 2.20. The second kappa shape index (κ2) is 6.04. The summed E-state index contributed by atoms with van der Waals surface area (Å²) >= 11 is 9.14. The summed E-state index contributed by atoms with van der Waals surface area (Å²) in [5.74, 6) is -0.893. The number of hydrogen-bond donors (Lipinski definition) is 1. The number of nitrogens with zero attached hydrogens (tertiary/aromatic N) is 1. The molecule has 6 heteroatoms. The van der Waals surface area contributed by atoms with Crippen molar-refractivity contribution < 1.29 is 14.6 Å². The molecule has 0 saturated carbocycles. The van der Waals surface area contributed by atoms with E-state index < -0.39 is 5.97 Å². The molecule has 2 rings (SSSR count). The molecule has 0 atom stereocenters. The molecule has 0 bridgehead atoms. The molecule has 0 saturated heterocycles. The van der Waals surface area contributed by atoms with Crippen LogP contribution in [0.1, 0.15) is 15.9 Å². The third-order valence-electron chi connectivity index (χ3n) is 2.35. The van der Waals surface area contributed by atoms with E-state index in [0.717, 1.165) is 10.0 Å². The van der Waals surface area contributed by atoms with Gasteiger partial charge in [-0.1, -0.05) is 45.7 Å². The second-order valence-electron chi connectivity index (χ2n) is 3.70. The molecule has 1 heterocycles. The highest BCUT2D eigenvalue weighted by atomic mass is 79.9. The summed E-state index contributed by atoms with van der Waals surface area (Å²) < 4.78 is 6.37. The van der Waals surface area contributed by atoms with Crippen LogP contribution in [0, 0.1) is 0 Å². The van der Waals surface area contributed by atoms with E-state index in [1.807, 2.05) is 24.3 Å². The summed E-state index contributed by atoms with van der Waals surface area (Å²) in [6.45, 7) is 0.272. The molecule has 0 aliphatic heterocycles. The van der Waals surface area contributed by atoms with Gasteiger partial charge in [-0.2, -0.15) is 0 Å². The Kier molecular flexibility index (Phi) is 4.39. The maximum atomic E-state index is 10.9. The van der Waals surface area contributed by atoms with Crippen LogP contribution in [0.4, 0.5) is 0 Å². The van der Waals surface area contributed by atoms with Crippen molar-refractivity contribution in [3.63, 3.8) is 0 Å². The Morgan fingerprint density at radius 3 is 2.79 bits per heavy atom. The topological polar surface area (TPSA) is 59.4 Å². The van der Waals surface area contributed by atoms with Gasteiger partial charge in [0.15, 0.2) is 0 Å². The number of aromatic carboxylic acids is 1. The van der Waals surface area contributed by atoms with Crippen molar-refractivity contribution in [1.82, 2.24) is 4.98 Å². The molecular weight excluding hydrogens is 334 g/mol. The van der Waals surface area contributed by atoms with Crippen LogP contribution in [0.5, 0.6) is 5.88 Å². The van der Waals surface area contributed by atoms with Gasteiger partial charge in [0.25, 0.3) is 0 Å². The van der Waals surface area contributed by atoms with E-state index in [0.29, 0.717) is 0 Å². The Morgan fingerprint density at radius 1 is 1.37 bits per heavy atom. The standard InChI is InChI=1S/C13H9BrClNO3/c14-10-4-2-1-3-8(10)7-19-12-6-9(13(17)18)5-11(15)16-12/h1-6H,7H2,(H,17,18). The normalized spacial score (nSPS) is 10.2. The maximum Gasteiger partial charge on any atom is 0.335 e. The number of carbonyl (C=O) groups is 1. The predicted octanol–water partition coefficient (Wildman–Crippen LogP) is 3.77. The van der Waals surface area contributed by atoms with Crippen molar-refractivity contribution in [3.8, 4) is 5.88 Å². The van der Waals surface area contributed by atoms with E-state index >= 15 is 0 Å². The fourth-order valence-corrected chi connectivity index (χ4v) is 2.04. The van der Waals surface area contributed by atoms with Crippen LogP contribution in [0.3, 0.4) is 0 Å². The lowest BCUT2D eigenvalue weighted by Crippen LogP contribution is -2.02. The molecule has 0 radical (unpaired) electrons. The number of benzene rings is 1. The SMILES string of the molecule is O=C(O)c1cc(Cl)nc(OCc2ccccc2Br)c1. The van der Waals surface area contributed by atoms with Crippen molar-refractivity contribution in [3.05, 3.63) is 57.2 Å². The van der Waals surface area contributed by atoms with Crippen molar-refractivity contribution in [1.29, 1.82) is 0 Å². The molecule has 0 spiro atoms. The number of halogens is 2. The minimum atomic E-state index is -1.07. The van der Waals surface area contributed by atoms with Crippen LogP contribution in [-0.2, 0) is 6.61 Å². The zero-order valence-electron chi connectivity index (χ0n) is 9.64. The van der Waals surface area contributed by atoms with Gasteiger partial charge in [0, 0.05) is 16.1 Å². The van der Waals surface area contributed by atoms with Gasteiger partial charge in [-0.3, -0.25) is 0 Å². The zero-order chi connectivity index (χ0) is 13.8. The number of rotatable bonds is 4. The van der Waals surface area contributed by atoms with E-state index in [4.69, 9.17) is 21.4 Å². The molecule has 0 aliphatic carbocycles. The smallest absolute Gasteiger partial charge is 0.335 e. The Hall–Kier alpha value is -1.59. The van der Waals surface area contributed by atoms with E-state index in [2.05, 4.69) is 20.9 Å². The molecular formula is C13H9BrClNO3. The molecule has 1 N–H and O–H groups in total. The Morgan fingerprint density at radius 2 is 2.11 bits per heavy atom. The second-order valence-corrected chi connectivity index (χ2v) is 4.94. The Balaban J connectivity index is 2.16. The highest BCUT2D eigenvalue weighted by molar-refractivity contribution is 9.10. The summed E-state index contributed by atoms with van der Waals surface area (Å²) in [5.41, 5.74) is 0.975. The zero-order valence-corrected chi connectivity index (χ0v) is 12.0. The molecule has 0 amide bonds. The van der Waals surface area contributed by atoms with Gasteiger partial charge in [-0.15, -0.1) is 0 Å². The first kappa shape index (κ1) is 13.8. The molecule has 0 unspecified atom stereocenters. The largest absolute Gasteiger partial charge is 0.478 e. The van der Waals surface area contributed by atoms with Crippen LogP contribution in [0.2, 0.25) is 5.15 Å². The molecule has 0 fully saturated rings. The van der Waals surface area contributed by atoms with Gasteiger partial charge in [-0.05, 0) is 12.1 Å². The van der Waals surface area contributed by atoms with Crippen molar-refractivity contribution >= 4 is 33.5 Å². The summed E-state index contributed by atoms with van der Waals surface area (Å²) in [6, 6.07) is 10.2. The molecule has 1 aromatic carbocycles. The predicted molar refractivity (Wildman–Crippen MR) is 74.7 cm³/mol. The first-order chi connectivity index (χ1) is 9.06. The third kappa shape index (κ3) is 3.68. The number of carboxylic acid groups (broad SMARTS) is 1. The fraction of sp³-hybridized carbons (Fsp3) is 0.0769. The average molecular weight is 343 g/mol. The van der Waals surface area contributed by atoms with Crippen LogP contribution >= 0.6 is 27.5 Å². The number of aromatic nitrogens is 1. The summed E-state index contributed by atoms with van der Waals surface area (Å²) in [7, 11) is 0. The number of pyridine rings is 1. The maximum absolute atomic E-state index is 10.9. The van der Waals surface area contributed by atoms with Gasteiger partial charge in [-0.25, -0.2) is 9.78 Å². The lowest BCUT2D eigenvalue weighted by Gasteiger charge is -2.08. The molecule has 2 aromatic rings. The fourth-order valence-electron chi connectivity index (χ4n) is 1.44. The number of hydrogen-bond acceptors (Lipinski definition) is 3.